The van der Waals surface area contributed by atoms with Crippen LogP contribution in [0, 0.1) is 0 Å². The number of H-pyrrole nitrogens is 1. The Bertz CT molecular complexity index is 599. The third-order valence-electron chi connectivity index (χ3n) is 4.24. The molecule has 1 aromatic carbocycles. The van der Waals surface area contributed by atoms with Crippen LogP contribution in [0.1, 0.15) is 36.0 Å². The molecule has 1 aliphatic rings. The Morgan fingerprint density at radius 3 is 3.10 bits per heavy atom. The van der Waals surface area contributed by atoms with Gasteiger partial charge in [0.25, 0.3) is 0 Å². The Balaban J connectivity index is 1.45. The lowest BCUT2D eigenvalue weighted by atomic mass is 10.0. The van der Waals surface area contributed by atoms with Crippen molar-refractivity contribution < 1.29 is 4.79 Å². The van der Waals surface area contributed by atoms with Crippen LogP contribution in [-0.2, 0) is 0 Å². The summed E-state index contributed by atoms with van der Waals surface area (Å²) in [7, 11) is 0. The Labute approximate surface area is 125 Å². The number of aromatic amines is 1. The molecule has 1 atom stereocenters. The molecule has 2 heterocycles. The van der Waals surface area contributed by atoms with Crippen LogP contribution in [0.2, 0.25) is 0 Å². The molecule has 4 heteroatoms. The summed E-state index contributed by atoms with van der Waals surface area (Å²) in [5, 5.41) is 7.94. The first-order chi connectivity index (χ1) is 10.3. The van der Waals surface area contributed by atoms with Gasteiger partial charge in [-0.3, -0.25) is 4.79 Å². The second-order valence-electron chi connectivity index (χ2n) is 5.82. The van der Waals surface area contributed by atoms with Crippen molar-refractivity contribution in [3.8, 4) is 0 Å². The second kappa shape index (κ2) is 6.87. The number of rotatable bonds is 6. The molecule has 4 nitrogen and oxygen atoms in total. The lowest BCUT2D eigenvalue weighted by Gasteiger charge is -2.23. The van der Waals surface area contributed by atoms with Gasteiger partial charge >= 0.3 is 0 Å². The molecule has 1 unspecified atom stereocenters. The third-order valence-corrected chi connectivity index (χ3v) is 4.24. The average molecular weight is 285 g/mol. The number of fused-ring (bicyclic) bond motifs is 1. The molecule has 1 aromatic heterocycles. The van der Waals surface area contributed by atoms with E-state index in [4.69, 9.17) is 0 Å². The predicted octanol–water partition coefficient (Wildman–Crippen LogP) is 2.47. The Hall–Kier alpha value is -1.65. The van der Waals surface area contributed by atoms with Crippen molar-refractivity contribution in [3.63, 3.8) is 0 Å². The number of carbonyl (C=O) groups excluding carboxylic acids is 1. The van der Waals surface area contributed by atoms with Gasteiger partial charge in [0.2, 0.25) is 0 Å². The fraction of sp³-hybridized carbons (Fsp3) is 0.471. The zero-order chi connectivity index (χ0) is 14.5. The maximum atomic E-state index is 12.2. The van der Waals surface area contributed by atoms with Crippen LogP contribution in [0.25, 0.3) is 10.9 Å². The number of hydrogen-bond acceptors (Lipinski definition) is 3. The lowest BCUT2D eigenvalue weighted by molar-refractivity contribution is 0.0991. The average Bonchev–Trinajstić information content (AvgIpc) is 3.00. The molecule has 2 aromatic rings. The predicted molar refractivity (Wildman–Crippen MR) is 85.8 cm³/mol. The van der Waals surface area contributed by atoms with Crippen LogP contribution in [-0.4, -0.2) is 36.4 Å². The van der Waals surface area contributed by atoms with E-state index in [1.54, 1.807) is 0 Å². The number of nitrogens with one attached hydrogen (secondary N) is 3. The number of aromatic nitrogens is 1. The van der Waals surface area contributed by atoms with Crippen LogP contribution in [0.5, 0.6) is 0 Å². The molecule has 3 N–H and O–H groups in total. The molecule has 3 rings (SSSR count). The van der Waals surface area contributed by atoms with Crippen LogP contribution >= 0.6 is 0 Å². The molecular weight excluding hydrogens is 262 g/mol. The molecule has 0 aliphatic carbocycles. The van der Waals surface area contributed by atoms with Gasteiger partial charge in [-0.25, -0.2) is 0 Å². The van der Waals surface area contributed by atoms with E-state index in [9.17, 15) is 4.79 Å². The van der Waals surface area contributed by atoms with Crippen LogP contribution < -0.4 is 10.6 Å². The van der Waals surface area contributed by atoms with Crippen molar-refractivity contribution >= 4 is 16.7 Å². The van der Waals surface area contributed by atoms with E-state index in [-0.39, 0.29) is 5.78 Å². The summed E-state index contributed by atoms with van der Waals surface area (Å²) in [6, 6.07) is 8.46. The topological polar surface area (TPSA) is 56.9 Å². The third kappa shape index (κ3) is 3.71. The molecule has 1 aliphatic heterocycles. The summed E-state index contributed by atoms with van der Waals surface area (Å²) in [5.74, 6) is 0.156. The van der Waals surface area contributed by atoms with E-state index in [1.165, 1.54) is 19.3 Å². The van der Waals surface area contributed by atoms with E-state index < -0.39 is 0 Å². The van der Waals surface area contributed by atoms with Gasteiger partial charge in [-0.15, -0.1) is 0 Å². The molecule has 21 heavy (non-hydrogen) atoms. The van der Waals surface area contributed by atoms with Gasteiger partial charge in [-0.2, -0.15) is 0 Å². The van der Waals surface area contributed by atoms with Gasteiger partial charge in [0.1, 0.15) is 0 Å². The van der Waals surface area contributed by atoms with E-state index in [0.29, 0.717) is 12.6 Å². The largest absolute Gasteiger partial charge is 0.361 e. The van der Waals surface area contributed by atoms with Crippen LogP contribution in [0.4, 0.5) is 0 Å². The zero-order valence-corrected chi connectivity index (χ0v) is 12.3. The Kier molecular flexibility index (Phi) is 4.68. The summed E-state index contributed by atoms with van der Waals surface area (Å²) in [4.78, 5) is 15.3. The van der Waals surface area contributed by atoms with Gasteiger partial charge in [-0.1, -0.05) is 18.6 Å². The molecule has 112 valence electrons. The number of Topliss-reactive ketones (excluding diaryl/α,β-unsaturated/α-hetero) is 1. The first kappa shape index (κ1) is 14.3. The van der Waals surface area contributed by atoms with Gasteiger partial charge in [0.15, 0.2) is 5.78 Å². The van der Waals surface area contributed by atoms with Crippen molar-refractivity contribution in [2.75, 3.05) is 19.6 Å². The number of ketones is 1. The number of hydrogen-bond donors (Lipinski definition) is 3. The molecule has 0 saturated carbocycles. The molecule has 0 amide bonds. The summed E-state index contributed by atoms with van der Waals surface area (Å²) < 4.78 is 0. The quantitative estimate of drug-likeness (QED) is 0.564. The Morgan fingerprint density at radius 1 is 1.29 bits per heavy atom. The number of carbonyl (C=O) groups is 1. The molecule has 0 spiro atoms. The SMILES string of the molecule is O=C(CNCCC1CCCCN1)c1ccc2cc[nH]c2c1. The maximum Gasteiger partial charge on any atom is 0.176 e. The van der Waals surface area contributed by atoms with E-state index >= 15 is 0 Å². The van der Waals surface area contributed by atoms with Crippen molar-refractivity contribution in [2.24, 2.45) is 0 Å². The minimum atomic E-state index is 0.156. The van der Waals surface area contributed by atoms with Gasteiger partial charge in [0, 0.05) is 23.3 Å². The van der Waals surface area contributed by atoms with Crippen LogP contribution in [0.3, 0.4) is 0 Å². The lowest BCUT2D eigenvalue weighted by Crippen LogP contribution is -2.37. The zero-order valence-electron chi connectivity index (χ0n) is 12.3. The summed E-state index contributed by atoms with van der Waals surface area (Å²) in [6.45, 7) is 2.45. The minimum absolute atomic E-state index is 0.156. The molecule has 0 radical (unpaired) electrons. The van der Waals surface area contributed by atoms with Crippen molar-refractivity contribution in [2.45, 2.75) is 31.7 Å². The van der Waals surface area contributed by atoms with E-state index in [0.717, 1.165) is 36.0 Å². The summed E-state index contributed by atoms with van der Waals surface area (Å²) in [6.07, 6.45) is 6.88. The Morgan fingerprint density at radius 2 is 2.24 bits per heavy atom. The maximum absolute atomic E-state index is 12.2. The first-order valence-electron chi connectivity index (χ1n) is 7.87. The van der Waals surface area contributed by atoms with E-state index in [2.05, 4.69) is 15.6 Å². The number of piperidine rings is 1. The summed E-state index contributed by atoms with van der Waals surface area (Å²) in [5.41, 5.74) is 1.79. The summed E-state index contributed by atoms with van der Waals surface area (Å²) >= 11 is 0. The highest BCUT2D eigenvalue weighted by atomic mass is 16.1. The standard InChI is InChI=1S/C17H23N3O/c21-17(12-18-9-7-15-3-1-2-8-19-15)14-5-4-13-6-10-20-16(13)11-14/h4-6,10-11,15,18-20H,1-3,7-9,12H2. The van der Waals surface area contributed by atoms with Crippen LogP contribution in [0.15, 0.2) is 30.5 Å². The monoisotopic (exact) mass is 285 g/mol. The molecule has 1 saturated heterocycles. The van der Waals surface area contributed by atoms with Crippen molar-refractivity contribution in [1.82, 2.24) is 15.6 Å². The highest BCUT2D eigenvalue weighted by Crippen LogP contribution is 2.14. The normalized spacial score (nSPS) is 19.0. The molecule has 1 fully saturated rings. The molecule has 0 bridgehead atoms. The highest BCUT2D eigenvalue weighted by molar-refractivity contribution is 6.00. The fourth-order valence-corrected chi connectivity index (χ4v) is 2.97. The van der Waals surface area contributed by atoms with Crippen molar-refractivity contribution in [1.29, 1.82) is 0 Å². The highest BCUT2D eigenvalue weighted by Gasteiger charge is 2.12. The second-order valence-corrected chi connectivity index (χ2v) is 5.82. The van der Waals surface area contributed by atoms with Crippen molar-refractivity contribution in [3.05, 3.63) is 36.0 Å². The first-order valence-corrected chi connectivity index (χ1v) is 7.87. The number of benzene rings is 1. The van der Waals surface area contributed by atoms with Gasteiger partial charge in [-0.05, 0) is 49.9 Å². The van der Waals surface area contributed by atoms with E-state index in [1.807, 2.05) is 30.5 Å². The van der Waals surface area contributed by atoms with Gasteiger partial charge < -0.3 is 15.6 Å². The minimum Gasteiger partial charge on any atom is -0.361 e. The fourth-order valence-electron chi connectivity index (χ4n) is 2.97. The smallest absolute Gasteiger partial charge is 0.176 e. The molecular formula is C17H23N3O. The van der Waals surface area contributed by atoms with Gasteiger partial charge in [0.05, 0.1) is 6.54 Å².